The number of amides is 1. The van der Waals surface area contributed by atoms with Crippen molar-refractivity contribution in [2.45, 2.75) is 58.0 Å². The van der Waals surface area contributed by atoms with Crippen molar-refractivity contribution in [2.24, 2.45) is 0 Å². The predicted molar refractivity (Wildman–Crippen MR) is 84.2 cm³/mol. The third kappa shape index (κ3) is 3.24. The zero-order valence-electron chi connectivity index (χ0n) is 13.5. The average molecular weight is 305 g/mol. The molecule has 0 unspecified atom stereocenters. The molecule has 0 aromatic heterocycles. The van der Waals surface area contributed by atoms with Crippen LogP contribution < -0.4 is 5.32 Å². The second-order valence-electron chi connectivity index (χ2n) is 6.90. The molecule has 2 N–H and O–H groups in total. The molecule has 0 aliphatic heterocycles. The summed E-state index contributed by atoms with van der Waals surface area (Å²) in [5.41, 5.74) is 0.958. The minimum absolute atomic E-state index is 0.514. The van der Waals surface area contributed by atoms with Crippen LogP contribution in [-0.2, 0) is 14.9 Å². The average Bonchev–Trinajstić information content (AvgIpc) is 2.28. The molecule has 0 heterocycles. The van der Waals surface area contributed by atoms with Gasteiger partial charge in [0.05, 0.1) is 5.41 Å². The van der Waals surface area contributed by atoms with Crippen LogP contribution >= 0.6 is 0 Å². The number of rotatable bonds is 3. The van der Waals surface area contributed by atoms with Crippen LogP contribution in [0.2, 0.25) is 0 Å². The summed E-state index contributed by atoms with van der Waals surface area (Å²) >= 11 is 0. The lowest BCUT2D eigenvalue weighted by atomic mass is 9.64. The number of carbonyl (C=O) groups is 2. The largest absolute Gasteiger partial charge is 0.481 e. The quantitative estimate of drug-likeness (QED) is 0.889. The van der Waals surface area contributed by atoms with Gasteiger partial charge in [0, 0.05) is 5.69 Å². The van der Waals surface area contributed by atoms with Crippen molar-refractivity contribution in [3.8, 4) is 0 Å². The van der Waals surface area contributed by atoms with Gasteiger partial charge in [-0.1, -0.05) is 18.6 Å². The fourth-order valence-corrected chi connectivity index (χ4v) is 2.67. The summed E-state index contributed by atoms with van der Waals surface area (Å²) in [6, 6.07) is 5.38. The lowest BCUT2D eigenvalue weighted by molar-refractivity contribution is -0.147. The molecule has 0 spiro atoms. The molecular formula is C17H23NO4. The standard InChI is InChI=1S/C17H23NO4/c1-11-10-12(17(14(19)20)8-5-9-17)6-7-13(11)18-15(21)22-16(2,3)4/h6-7,10H,5,8-9H2,1-4H3,(H,18,21)(H,19,20). The molecule has 120 valence electrons. The van der Waals surface area contributed by atoms with E-state index in [0.717, 1.165) is 17.5 Å². The Hall–Kier alpha value is -2.04. The van der Waals surface area contributed by atoms with Gasteiger partial charge in [0.1, 0.15) is 5.60 Å². The number of carbonyl (C=O) groups excluding carboxylic acids is 1. The van der Waals surface area contributed by atoms with Crippen LogP contribution in [0.5, 0.6) is 0 Å². The van der Waals surface area contributed by atoms with Crippen molar-refractivity contribution in [1.29, 1.82) is 0 Å². The monoisotopic (exact) mass is 305 g/mol. The number of nitrogens with one attached hydrogen (secondary N) is 1. The van der Waals surface area contributed by atoms with E-state index in [0.29, 0.717) is 18.5 Å². The Kier molecular flexibility index (Phi) is 4.18. The van der Waals surface area contributed by atoms with Gasteiger partial charge in [0.25, 0.3) is 0 Å². The molecule has 5 heteroatoms. The Morgan fingerprint density at radius 1 is 1.27 bits per heavy atom. The molecule has 0 atom stereocenters. The summed E-state index contributed by atoms with van der Waals surface area (Å²) < 4.78 is 5.22. The number of benzene rings is 1. The zero-order chi connectivity index (χ0) is 16.5. The molecule has 0 radical (unpaired) electrons. The zero-order valence-corrected chi connectivity index (χ0v) is 13.5. The molecule has 22 heavy (non-hydrogen) atoms. The second-order valence-corrected chi connectivity index (χ2v) is 6.90. The van der Waals surface area contributed by atoms with Gasteiger partial charge >= 0.3 is 12.1 Å². The summed E-state index contributed by atoms with van der Waals surface area (Å²) in [6.45, 7) is 7.26. The van der Waals surface area contributed by atoms with Crippen LogP contribution in [-0.4, -0.2) is 22.8 Å². The molecule has 1 saturated carbocycles. The lowest BCUT2D eigenvalue weighted by Crippen LogP contribution is -2.42. The maximum Gasteiger partial charge on any atom is 0.412 e. The summed E-state index contributed by atoms with van der Waals surface area (Å²) in [5.74, 6) is -0.772. The van der Waals surface area contributed by atoms with Crippen molar-refractivity contribution < 1.29 is 19.4 Å². The third-order valence-electron chi connectivity index (χ3n) is 4.03. The number of anilines is 1. The van der Waals surface area contributed by atoms with Gasteiger partial charge in [-0.15, -0.1) is 0 Å². The van der Waals surface area contributed by atoms with Gasteiger partial charge in [0.2, 0.25) is 0 Å². The fraction of sp³-hybridized carbons (Fsp3) is 0.529. The third-order valence-corrected chi connectivity index (χ3v) is 4.03. The minimum Gasteiger partial charge on any atom is -0.481 e. The molecule has 1 aliphatic rings. The van der Waals surface area contributed by atoms with E-state index in [1.165, 1.54) is 0 Å². The normalized spacial score (nSPS) is 16.5. The maximum absolute atomic E-state index is 11.8. The number of hydrogen-bond donors (Lipinski definition) is 2. The first-order valence-corrected chi connectivity index (χ1v) is 7.49. The Balaban J connectivity index is 2.17. The molecule has 1 amide bonds. The minimum atomic E-state index is -0.772. The van der Waals surface area contributed by atoms with E-state index in [2.05, 4.69) is 5.32 Å². The number of carboxylic acid groups (broad SMARTS) is 1. The first-order chi connectivity index (χ1) is 10.1. The van der Waals surface area contributed by atoms with Crippen LogP contribution in [0.15, 0.2) is 18.2 Å². The molecular weight excluding hydrogens is 282 g/mol. The number of ether oxygens (including phenoxy) is 1. The van der Waals surface area contributed by atoms with Gasteiger partial charge in [-0.25, -0.2) is 4.79 Å². The first kappa shape index (κ1) is 16.3. The van der Waals surface area contributed by atoms with Crippen molar-refractivity contribution >= 4 is 17.7 Å². The second kappa shape index (κ2) is 5.63. The van der Waals surface area contributed by atoms with Gasteiger partial charge in [-0.3, -0.25) is 10.1 Å². The summed E-state index contributed by atoms with van der Waals surface area (Å²) in [5, 5.41) is 12.2. The maximum atomic E-state index is 11.8. The van der Waals surface area contributed by atoms with Crippen molar-refractivity contribution in [2.75, 3.05) is 5.32 Å². The highest BCUT2D eigenvalue weighted by atomic mass is 16.6. The highest BCUT2D eigenvalue weighted by Crippen LogP contribution is 2.44. The van der Waals surface area contributed by atoms with E-state index in [-0.39, 0.29) is 0 Å². The predicted octanol–water partition coefficient (Wildman–Crippen LogP) is 3.85. The molecule has 5 nitrogen and oxygen atoms in total. The van der Waals surface area contributed by atoms with Crippen molar-refractivity contribution in [3.05, 3.63) is 29.3 Å². The number of carboxylic acids is 1. The molecule has 1 aromatic carbocycles. The van der Waals surface area contributed by atoms with E-state index in [1.807, 2.05) is 13.0 Å². The Bertz CT molecular complexity index is 597. The van der Waals surface area contributed by atoms with E-state index in [4.69, 9.17) is 4.74 Å². The number of aryl methyl sites for hydroxylation is 1. The van der Waals surface area contributed by atoms with Gasteiger partial charge in [-0.05, 0) is 57.7 Å². The molecule has 0 bridgehead atoms. The van der Waals surface area contributed by atoms with Crippen LogP contribution in [0.4, 0.5) is 10.5 Å². The van der Waals surface area contributed by atoms with Crippen molar-refractivity contribution in [1.82, 2.24) is 0 Å². The van der Waals surface area contributed by atoms with Crippen LogP contribution in [0.3, 0.4) is 0 Å². The van der Waals surface area contributed by atoms with E-state index in [1.54, 1.807) is 32.9 Å². The van der Waals surface area contributed by atoms with Crippen molar-refractivity contribution in [3.63, 3.8) is 0 Å². The highest BCUT2D eigenvalue weighted by Gasteiger charge is 2.45. The van der Waals surface area contributed by atoms with Gasteiger partial charge in [-0.2, -0.15) is 0 Å². The molecule has 1 fully saturated rings. The van der Waals surface area contributed by atoms with Gasteiger partial charge in [0.15, 0.2) is 0 Å². The molecule has 1 aromatic rings. The number of hydrogen-bond acceptors (Lipinski definition) is 3. The van der Waals surface area contributed by atoms with Crippen LogP contribution in [0, 0.1) is 6.92 Å². The van der Waals surface area contributed by atoms with Crippen LogP contribution in [0.25, 0.3) is 0 Å². The molecule has 1 aliphatic carbocycles. The topological polar surface area (TPSA) is 75.6 Å². The summed E-state index contributed by atoms with van der Waals surface area (Å²) in [7, 11) is 0. The lowest BCUT2D eigenvalue weighted by Gasteiger charge is -2.38. The smallest absolute Gasteiger partial charge is 0.412 e. The summed E-state index contributed by atoms with van der Waals surface area (Å²) in [4.78, 5) is 23.4. The Morgan fingerprint density at radius 2 is 1.91 bits per heavy atom. The first-order valence-electron chi connectivity index (χ1n) is 7.49. The van der Waals surface area contributed by atoms with E-state index < -0.39 is 23.1 Å². The van der Waals surface area contributed by atoms with Crippen LogP contribution in [0.1, 0.15) is 51.2 Å². The summed E-state index contributed by atoms with van der Waals surface area (Å²) in [6.07, 6.45) is 1.75. The highest BCUT2D eigenvalue weighted by molar-refractivity contribution is 5.87. The number of aliphatic carboxylic acids is 1. The fourth-order valence-electron chi connectivity index (χ4n) is 2.67. The molecule has 0 saturated heterocycles. The van der Waals surface area contributed by atoms with E-state index in [9.17, 15) is 14.7 Å². The Labute approximate surface area is 130 Å². The SMILES string of the molecule is Cc1cc(C2(C(=O)O)CCC2)ccc1NC(=O)OC(C)(C)C. The Morgan fingerprint density at radius 3 is 2.32 bits per heavy atom. The van der Waals surface area contributed by atoms with Gasteiger partial charge < -0.3 is 9.84 Å². The van der Waals surface area contributed by atoms with E-state index >= 15 is 0 Å². The molecule has 2 rings (SSSR count).